The molecule has 5 nitrogen and oxygen atoms in total. The molecular formula is C9H10O5. The molecule has 0 amide bonds. The summed E-state index contributed by atoms with van der Waals surface area (Å²) in [6.07, 6.45) is -0.601. The second-order valence-corrected chi connectivity index (χ2v) is 4.35. The van der Waals surface area contributed by atoms with E-state index in [9.17, 15) is 14.7 Å². The van der Waals surface area contributed by atoms with E-state index in [1.54, 1.807) is 0 Å². The predicted octanol–water partition coefficient (Wildman–Crippen LogP) is -0.761. The van der Waals surface area contributed by atoms with Crippen molar-refractivity contribution in [2.24, 2.45) is 23.7 Å². The average Bonchev–Trinajstić information content (AvgIpc) is 2.67. The molecule has 0 unspecified atom stereocenters. The van der Waals surface area contributed by atoms with Gasteiger partial charge in [-0.2, -0.15) is 0 Å². The third kappa shape index (κ3) is 0.706. The molecule has 1 heterocycles. The van der Waals surface area contributed by atoms with Gasteiger partial charge < -0.3 is 14.9 Å². The fourth-order valence-electron chi connectivity index (χ4n) is 3.36. The van der Waals surface area contributed by atoms with Crippen LogP contribution in [-0.2, 0) is 14.3 Å². The van der Waals surface area contributed by atoms with Gasteiger partial charge in [0.2, 0.25) is 0 Å². The van der Waals surface area contributed by atoms with Gasteiger partial charge >= 0.3 is 11.9 Å². The topological polar surface area (TPSA) is 83.8 Å². The van der Waals surface area contributed by atoms with Crippen molar-refractivity contribution in [3.63, 3.8) is 0 Å². The Morgan fingerprint density at radius 3 is 2.79 bits per heavy atom. The molecule has 1 aliphatic heterocycles. The van der Waals surface area contributed by atoms with E-state index in [0.29, 0.717) is 6.42 Å². The lowest BCUT2D eigenvalue weighted by Gasteiger charge is -2.25. The van der Waals surface area contributed by atoms with Gasteiger partial charge in [-0.05, 0) is 6.42 Å². The molecule has 0 radical (unpaired) electrons. The van der Waals surface area contributed by atoms with Crippen molar-refractivity contribution in [2.75, 3.05) is 0 Å². The highest BCUT2D eigenvalue weighted by molar-refractivity contribution is 5.85. The summed E-state index contributed by atoms with van der Waals surface area (Å²) in [5.74, 6) is -3.03. The van der Waals surface area contributed by atoms with Crippen molar-refractivity contribution >= 4 is 11.9 Å². The molecule has 3 rings (SSSR count). The Kier molecular flexibility index (Phi) is 1.34. The monoisotopic (exact) mass is 198 g/mol. The van der Waals surface area contributed by atoms with Crippen molar-refractivity contribution in [1.29, 1.82) is 0 Å². The number of carboxylic acids is 1. The van der Waals surface area contributed by atoms with Crippen LogP contribution in [0.3, 0.4) is 0 Å². The molecule has 2 saturated carbocycles. The van der Waals surface area contributed by atoms with Crippen LogP contribution in [0.1, 0.15) is 6.42 Å². The first kappa shape index (κ1) is 8.23. The van der Waals surface area contributed by atoms with E-state index in [2.05, 4.69) is 0 Å². The number of carbonyl (C=O) groups excluding carboxylic acids is 1. The number of aliphatic hydroxyl groups excluding tert-OH is 1. The second-order valence-electron chi connectivity index (χ2n) is 4.35. The highest BCUT2D eigenvalue weighted by Gasteiger charge is 2.68. The molecule has 0 aromatic carbocycles. The first-order valence-electron chi connectivity index (χ1n) is 4.72. The van der Waals surface area contributed by atoms with Gasteiger partial charge in [-0.1, -0.05) is 0 Å². The summed E-state index contributed by atoms with van der Waals surface area (Å²) in [5, 5.41) is 18.7. The predicted molar refractivity (Wildman–Crippen MR) is 42.1 cm³/mol. The van der Waals surface area contributed by atoms with Gasteiger partial charge in [0.25, 0.3) is 0 Å². The molecule has 3 fully saturated rings. The number of hydrogen-bond acceptors (Lipinski definition) is 4. The summed E-state index contributed by atoms with van der Waals surface area (Å²) >= 11 is 0. The minimum atomic E-state index is -0.987. The normalized spacial score (nSPS) is 53.6. The molecule has 2 N–H and O–H groups in total. The van der Waals surface area contributed by atoms with E-state index in [0.717, 1.165) is 0 Å². The molecule has 76 valence electrons. The number of ether oxygens (including phenoxy) is 1. The van der Waals surface area contributed by atoms with Crippen LogP contribution in [0.2, 0.25) is 0 Å². The SMILES string of the molecule is O=C(O)[C@@H]1[C@H]2C[C@H]3[C@@H](OC(=O)[C@@H]31)[C@H]2O. The van der Waals surface area contributed by atoms with E-state index in [1.165, 1.54) is 0 Å². The first-order chi connectivity index (χ1) is 6.61. The fourth-order valence-corrected chi connectivity index (χ4v) is 3.36. The molecule has 3 aliphatic rings. The maximum absolute atomic E-state index is 11.4. The molecule has 2 aliphatic carbocycles. The van der Waals surface area contributed by atoms with Crippen molar-refractivity contribution in [2.45, 2.75) is 18.6 Å². The first-order valence-corrected chi connectivity index (χ1v) is 4.72. The molecule has 2 bridgehead atoms. The van der Waals surface area contributed by atoms with Crippen LogP contribution < -0.4 is 0 Å². The lowest BCUT2D eigenvalue weighted by Crippen LogP contribution is -2.40. The number of carboxylic acid groups (broad SMARTS) is 1. The molecule has 0 aromatic heterocycles. The van der Waals surface area contributed by atoms with Crippen molar-refractivity contribution < 1.29 is 24.5 Å². The third-order valence-corrected chi connectivity index (χ3v) is 3.86. The standard InChI is InChI=1S/C9H10O5/c10-6-2-1-3-5(4(2)8(11)12)9(13)14-7(3)6/h2-7,10H,1H2,(H,11,12)/t2-,3-,4-,5+,6+,7-/m1/s1. The van der Waals surface area contributed by atoms with Crippen LogP contribution in [-0.4, -0.2) is 34.4 Å². The maximum Gasteiger partial charge on any atom is 0.310 e. The average molecular weight is 198 g/mol. The summed E-state index contributed by atoms with van der Waals surface area (Å²) in [6.45, 7) is 0. The highest BCUT2D eigenvalue weighted by Crippen LogP contribution is 2.57. The smallest absolute Gasteiger partial charge is 0.310 e. The fraction of sp³-hybridized carbons (Fsp3) is 0.778. The van der Waals surface area contributed by atoms with E-state index < -0.39 is 36.0 Å². The van der Waals surface area contributed by atoms with Crippen LogP contribution >= 0.6 is 0 Å². The summed E-state index contributed by atoms with van der Waals surface area (Å²) in [7, 11) is 0. The van der Waals surface area contributed by atoms with Crippen LogP contribution in [0, 0.1) is 23.7 Å². The molecular weight excluding hydrogens is 188 g/mol. The molecule has 6 atom stereocenters. The zero-order chi connectivity index (χ0) is 10.0. The third-order valence-electron chi connectivity index (χ3n) is 3.86. The summed E-state index contributed by atoms with van der Waals surface area (Å²) in [4.78, 5) is 22.3. The Morgan fingerprint density at radius 2 is 2.14 bits per heavy atom. The van der Waals surface area contributed by atoms with Gasteiger partial charge in [0.15, 0.2) is 0 Å². The Bertz CT molecular complexity index is 325. The Hall–Kier alpha value is -1.10. The Labute approximate surface area is 79.7 Å². The van der Waals surface area contributed by atoms with Gasteiger partial charge in [-0.3, -0.25) is 9.59 Å². The minimum absolute atomic E-state index is 0.0661. The van der Waals surface area contributed by atoms with Crippen molar-refractivity contribution in [3.05, 3.63) is 0 Å². The number of esters is 1. The van der Waals surface area contributed by atoms with Gasteiger partial charge in [-0.15, -0.1) is 0 Å². The van der Waals surface area contributed by atoms with Crippen LogP contribution in [0.15, 0.2) is 0 Å². The van der Waals surface area contributed by atoms with E-state index in [-0.39, 0.29) is 11.8 Å². The zero-order valence-electron chi connectivity index (χ0n) is 7.29. The quantitative estimate of drug-likeness (QED) is 0.541. The zero-order valence-corrected chi connectivity index (χ0v) is 7.29. The Morgan fingerprint density at radius 1 is 1.43 bits per heavy atom. The van der Waals surface area contributed by atoms with E-state index >= 15 is 0 Å². The number of rotatable bonds is 1. The van der Waals surface area contributed by atoms with E-state index in [1.807, 2.05) is 0 Å². The summed E-state index contributed by atoms with van der Waals surface area (Å²) in [6, 6.07) is 0. The minimum Gasteiger partial charge on any atom is -0.481 e. The number of aliphatic carboxylic acids is 1. The van der Waals surface area contributed by atoms with Gasteiger partial charge in [-0.25, -0.2) is 0 Å². The number of hydrogen-bond donors (Lipinski definition) is 2. The van der Waals surface area contributed by atoms with Crippen LogP contribution in [0.4, 0.5) is 0 Å². The molecule has 14 heavy (non-hydrogen) atoms. The van der Waals surface area contributed by atoms with Gasteiger partial charge in [0, 0.05) is 11.8 Å². The van der Waals surface area contributed by atoms with Crippen LogP contribution in [0.5, 0.6) is 0 Å². The Balaban J connectivity index is 2.04. The second kappa shape index (κ2) is 2.28. The van der Waals surface area contributed by atoms with Crippen molar-refractivity contribution in [3.8, 4) is 0 Å². The molecule has 5 heteroatoms. The number of fused-ring (bicyclic) bond motifs is 1. The molecule has 0 spiro atoms. The number of aliphatic hydroxyl groups is 1. The molecule has 1 saturated heterocycles. The number of carbonyl (C=O) groups is 2. The van der Waals surface area contributed by atoms with Gasteiger partial charge in [0.1, 0.15) is 6.10 Å². The maximum atomic E-state index is 11.4. The lowest BCUT2D eigenvalue weighted by molar-refractivity contribution is -0.151. The highest BCUT2D eigenvalue weighted by atomic mass is 16.6. The van der Waals surface area contributed by atoms with Gasteiger partial charge in [0.05, 0.1) is 17.9 Å². The summed E-state index contributed by atoms with van der Waals surface area (Å²) < 4.78 is 4.98. The van der Waals surface area contributed by atoms with Crippen molar-refractivity contribution in [1.82, 2.24) is 0 Å². The molecule has 0 aromatic rings. The van der Waals surface area contributed by atoms with E-state index in [4.69, 9.17) is 9.84 Å². The van der Waals surface area contributed by atoms with Crippen LogP contribution in [0.25, 0.3) is 0 Å². The largest absolute Gasteiger partial charge is 0.481 e. The lowest BCUT2D eigenvalue weighted by atomic mass is 9.79. The summed E-state index contributed by atoms with van der Waals surface area (Å²) in [5.41, 5.74) is 0.